The summed E-state index contributed by atoms with van der Waals surface area (Å²) in [7, 11) is -1.02. The van der Waals surface area contributed by atoms with E-state index in [1.165, 1.54) is 19.2 Å². The first-order valence-corrected chi connectivity index (χ1v) is 11.4. The van der Waals surface area contributed by atoms with Gasteiger partial charge >= 0.3 is 0 Å². The van der Waals surface area contributed by atoms with Crippen LogP contribution in [0, 0.1) is 6.92 Å². The van der Waals surface area contributed by atoms with Crippen molar-refractivity contribution in [1.29, 1.82) is 0 Å². The molecule has 1 N–H and O–H groups in total. The molecule has 0 aliphatic carbocycles. The number of carbonyl (C=O) groups excluding carboxylic acids is 1. The number of anilines is 1. The number of benzene rings is 3. The van der Waals surface area contributed by atoms with Crippen molar-refractivity contribution in [2.75, 3.05) is 25.1 Å². The minimum Gasteiger partial charge on any atom is -0.496 e. The van der Waals surface area contributed by atoms with Gasteiger partial charge in [0.2, 0.25) is 5.91 Å². The molecule has 3 rings (SSSR count). The first kappa shape index (κ1) is 23.1. The minimum absolute atomic E-state index is 0.0894. The van der Waals surface area contributed by atoms with Crippen LogP contribution in [-0.4, -0.2) is 35.1 Å². The van der Waals surface area contributed by atoms with Gasteiger partial charge in [0.1, 0.15) is 18.0 Å². The highest BCUT2D eigenvalue weighted by molar-refractivity contribution is 7.92. The lowest BCUT2D eigenvalue weighted by atomic mass is 10.2. The lowest BCUT2D eigenvalue weighted by Crippen LogP contribution is -2.40. The van der Waals surface area contributed by atoms with E-state index < -0.39 is 22.5 Å². The van der Waals surface area contributed by atoms with Gasteiger partial charge in [0, 0.05) is 12.1 Å². The molecule has 3 aromatic carbocycles. The van der Waals surface area contributed by atoms with E-state index in [2.05, 4.69) is 5.32 Å². The summed E-state index contributed by atoms with van der Waals surface area (Å²) >= 11 is 0. The van der Waals surface area contributed by atoms with Crippen LogP contribution in [0.1, 0.15) is 11.1 Å². The normalized spacial score (nSPS) is 11.0. The van der Waals surface area contributed by atoms with Crippen molar-refractivity contribution in [1.82, 2.24) is 5.32 Å². The monoisotopic (exact) mass is 454 g/mol. The molecule has 0 aliphatic rings. The molecular weight excluding hydrogens is 428 g/mol. The second-order valence-electron chi connectivity index (χ2n) is 7.09. The van der Waals surface area contributed by atoms with Crippen molar-refractivity contribution in [3.8, 4) is 11.5 Å². The van der Waals surface area contributed by atoms with Crippen LogP contribution in [0.15, 0.2) is 77.7 Å². The van der Waals surface area contributed by atoms with Gasteiger partial charge in [-0.3, -0.25) is 9.10 Å². The Labute approximate surface area is 188 Å². The van der Waals surface area contributed by atoms with Crippen LogP contribution in [0.5, 0.6) is 11.5 Å². The molecule has 168 valence electrons. The number of nitrogens with one attached hydrogen (secondary N) is 1. The Hall–Kier alpha value is -3.52. The fourth-order valence-electron chi connectivity index (χ4n) is 3.20. The Morgan fingerprint density at radius 3 is 2.12 bits per heavy atom. The van der Waals surface area contributed by atoms with Crippen LogP contribution >= 0.6 is 0 Å². The molecule has 0 atom stereocenters. The largest absolute Gasteiger partial charge is 0.496 e. The van der Waals surface area contributed by atoms with Crippen molar-refractivity contribution < 1.29 is 22.7 Å². The van der Waals surface area contributed by atoms with E-state index in [9.17, 15) is 13.2 Å². The van der Waals surface area contributed by atoms with Crippen molar-refractivity contribution in [2.45, 2.75) is 18.4 Å². The summed E-state index contributed by atoms with van der Waals surface area (Å²) < 4.78 is 38.7. The van der Waals surface area contributed by atoms with E-state index in [0.29, 0.717) is 11.5 Å². The summed E-state index contributed by atoms with van der Waals surface area (Å²) in [5, 5.41) is 2.78. The standard InChI is InChI=1S/C24H26N2O5S/c1-18-12-14-20(15-13-18)32(28,29)26(21-9-5-7-11-23(21)31-3)17-24(27)25-16-19-8-4-6-10-22(19)30-2/h4-15H,16-17H2,1-3H3,(H,25,27). The number of rotatable bonds is 9. The average molecular weight is 455 g/mol. The number of para-hydroxylation sites is 3. The highest BCUT2D eigenvalue weighted by atomic mass is 32.2. The van der Waals surface area contributed by atoms with Gasteiger partial charge in [-0.2, -0.15) is 0 Å². The zero-order valence-corrected chi connectivity index (χ0v) is 19.1. The van der Waals surface area contributed by atoms with Gasteiger partial charge in [-0.25, -0.2) is 8.42 Å². The third-order valence-corrected chi connectivity index (χ3v) is 6.69. The Bertz CT molecular complexity index is 1180. The lowest BCUT2D eigenvalue weighted by Gasteiger charge is -2.25. The molecule has 0 saturated carbocycles. The second kappa shape index (κ2) is 10.2. The van der Waals surface area contributed by atoms with Gasteiger partial charge in [0.05, 0.1) is 24.8 Å². The molecule has 8 heteroatoms. The molecule has 0 heterocycles. The average Bonchev–Trinajstić information content (AvgIpc) is 2.81. The van der Waals surface area contributed by atoms with E-state index in [-0.39, 0.29) is 17.1 Å². The Kier molecular flexibility index (Phi) is 7.37. The summed E-state index contributed by atoms with van der Waals surface area (Å²) in [4.78, 5) is 12.9. The zero-order chi connectivity index (χ0) is 23.1. The number of sulfonamides is 1. The lowest BCUT2D eigenvalue weighted by molar-refractivity contribution is -0.119. The molecular formula is C24H26N2O5S. The summed E-state index contributed by atoms with van der Waals surface area (Å²) in [6.45, 7) is 1.67. The van der Waals surface area contributed by atoms with Crippen LogP contribution < -0.4 is 19.1 Å². The number of amides is 1. The summed E-state index contributed by atoms with van der Waals surface area (Å²) in [6.07, 6.45) is 0. The Balaban J connectivity index is 1.91. The van der Waals surface area contributed by atoms with E-state index >= 15 is 0 Å². The number of hydrogen-bond acceptors (Lipinski definition) is 5. The smallest absolute Gasteiger partial charge is 0.264 e. The number of methoxy groups -OCH3 is 2. The van der Waals surface area contributed by atoms with Gasteiger partial charge in [0.25, 0.3) is 10.0 Å². The summed E-state index contributed by atoms with van der Waals surface area (Å²) in [5.41, 5.74) is 2.00. The maximum Gasteiger partial charge on any atom is 0.264 e. The van der Waals surface area contributed by atoms with Crippen LogP contribution in [-0.2, 0) is 21.4 Å². The van der Waals surface area contributed by atoms with E-state index in [4.69, 9.17) is 9.47 Å². The molecule has 0 bridgehead atoms. The number of nitrogens with zero attached hydrogens (tertiary/aromatic N) is 1. The predicted octanol–water partition coefficient (Wildman–Crippen LogP) is 3.52. The first-order chi connectivity index (χ1) is 15.4. The zero-order valence-electron chi connectivity index (χ0n) is 18.2. The molecule has 1 amide bonds. The van der Waals surface area contributed by atoms with E-state index in [1.54, 1.807) is 49.6 Å². The topological polar surface area (TPSA) is 84.9 Å². The maximum absolute atomic E-state index is 13.5. The van der Waals surface area contributed by atoms with Gasteiger partial charge in [-0.15, -0.1) is 0 Å². The molecule has 32 heavy (non-hydrogen) atoms. The predicted molar refractivity (Wildman–Crippen MR) is 124 cm³/mol. The quantitative estimate of drug-likeness (QED) is 0.535. The van der Waals surface area contributed by atoms with Crippen molar-refractivity contribution >= 4 is 21.6 Å². The Morgan fingerprint density at radius 2 is 1.47 bits per heavy atom. The number of ether oxygens (including phenoxy) is 2. The van der Waals surface area contributed by atoms with E-state index in [1.807, 2.05) is 25.1 Å². The maximum atomic E-state index is 13.5. The molecule has 0 radical (unpaired) electrons. The molecule has 0 aromatic heterocycles. The molecule has 0 spiro atoms. The second-order valence-corrected chi connectivity index (χ2v) is 8.95. The molecule has 0 unspecified atom stereocenters. The minimum atomic E-state index is -4.03. The van der Waals surface area contributed by atoms with Crippen molar-refractivity contribution in [3.63, 3.8) is 0 Å². The molecule has 0 saturated heterocycles. The molecule has 3 aromatic rings. The SMILES string of the molecule is COc1ccccc1CNC(=O)CN(c1ccccc1OC)S(=O)(=O)c1ccc(C)cc1. The van der Waals surface area contributed by atoms with Crippen LogP contribution in [0.2, 0.25) is 0 Å². The summed E-state index contributed by atoms with van der Waals surface area (Å²) in [5.74, 6) is 0.528. The highest BCUT2D eigenvalue weighted by Gasteiger charge is 2.29. The van der Waals surface area contributed by atoms with Gasteiger partial charge < -0.3 is 14.8 Å². The van der Waals surface area contributed by atoms with Gasteiger partial charge in [-0.05, 0) is 37.3 Å². The fraction of sp³-hybridized carbons (Fsp3) is 0.208. The van der Waals surface area contributed by atoms with Gasteiger partial charge in [-0.1, -0.05) is 48.0 Å². The third kappa shape index (κ3) is 5.20. The van der Waals surface area contributed by atoms with E-state index in [0.717, 1.165) is 15.4 Å². The number of aryl methyl sites for hydroxylation is 1. The molecule has 0 fully saturated rings. The highest BCUT2D eigenvalue weighted by Crippen LogP contribution is 2.32. The number of hydrogen-bond donors (Lipinski definition) is 1. The Morgan fingerprint density at radius 1 is 0.875 bits per heavy atom. The van der Waals surface area contributed by atoms with Crippen molar-refractivity contribution in [2.24, 2.45) is 0 Å². The molecule has 0 aliphatic heterocycles. The van der Waals surface area contributed by atoms with Crippen LogP contribution in [0.4, 0.5) is 5.69 Å². The third-order valence-electron chi connectivity index (χ3n) is 4.92. The van der Waals surface area contributed by atoms with Crippen LogP contribution in [0.25, 0.3) is 0 Å². The first-order valence-electron chi connectivity index (χ1n) is 9.98. The fourth-order valence-corrected chi connectivity index (χ4v) is 4.63. The summed E-state index contributed by atoms with van der Waals surface area (Å²) in [6, 6.07) is 20.5. The van der Waals surface area contributed by atoms with Gasteiger partial charge in [0.15, 0.2) is 0 Å². The number of carbonyl (C=O) groups is 1. The molecule has 7 nitrogen and oxygen atoms in total. The van der Waals surface area contributed by atoms with Crippen LogP contribution in [0.3, 0.4) is 0 Å². The van der Waals surface area contributed by atoms with Crippen molar-refractivity contribution in [3.05, 3.63) is 83.9 Å².